The van der Waals surface area contributed by atoms with E-state index in [0.29, 0.717) is 6.04 Å². The SMILES string of the molecule is CCCC1CCN(C2CC(C)CCC2O)CC1. The average molecular weight is 239 g/mol. The monoisotopic (exact) mass is 239 g/mol. The number of nitrogens with zero attached hydrogens (tertiary/aromatic N) is 1. The molecule has 100 valence electrons. The van der Waals surface area contributed by atoms with Crippen molar-refractivity contribution in [3.8, 4) is 0 Å². The van der Waals surface area contributed by atoms with Crippen LogP contribution in [-0.2, 0) is 0 Å². The molecule has 2 heteroatoms. The molecule has 17 heavy (non-hydrogen) atoms. The minimum Gasteiger partial charge on any atom is -0.391 e. The van der Waals surface area contributed by atoms with Gasteiger partial charge in [0.15, 0.2) is 0 Å². The van der Waals surface area contributed by atoms with Gasteiger partial charge in [0.05, 0.1) is 6.10 Å². The zero-order valence-corrected chi connectivity index (χ0v) is 11.6. The summed E-state index contributed by atoms with van der Waals surface area (Å²) in [5, 5.41) is 10.2. The fourth-order valence-electron chi connectivity index (χ4n) is 3.71. The standard InChI is InChI=1S/C15H29NO/c1-3-4-13-7-9-16(10-8-13)14-11-12(2)5-6-15(14)17/h12-15,17H,3-11H2,1-2H3. The summed E-state index contributed by atoms with van der Waals surface area (Å²) in [6, 6.07) is 0.460. The van der Waals surface area contributed by atoms with Gasteiger partial charge in [0.25, 0.3) is 0 Å². The lowest BCUT2D eigenvalue weighted by molar-refractivity contribution is -0.00904. The van der Waals surface area contributed by atoms with Crippen molar-refractivity contribution in [3.63, 3.8) is 0 Å². The minimum absolute atomic E-state index is 0.0612. The van der Waals surface area contributed by atoms with E-state index in [-0.39, 0.29) is 6.10 Å². The summed E-state index contributed by atoms with van der Waals surface area (Å²) in [5.41, 5.74) is 0. The molecule has 1 aliphatic carbocycles. The Labute approximate surface area is 106 Å². The van der Waals surface area contributed by atoms with E-state index >= 15 is 0 Å². The van der Waals surface area contributed by atoms with Gasteiger partial charge in [0.2, 0.25) is 0 Å². The highest BCUT2D eigenvalue weighted by atomic mass is 16.3. The molecule has 1 aliphatic heterocycles. The van der Waals surface area contributed by atoms with Gasteiger partial charge in [-0.25, -0.2) is 0 Å². The van der Waals surface area contributed by atoms with E-state index in [9.17, 15) is 5.11 Å². The summed E-state index contributed by atoms with van der Waals surface area (Å²) in [5.74, 6) is 1.76. The smallest absolute Gasteiger partial charge is 0.0695 e. The molecule has 1 saturated carbocycles. The molecule has 0 aromatic rings. The number of piperidine rings is 1. The summed E-state index contributed by atoms with van der Waals surface area (Å²) in [7, 11) is 0. The molecule has 2 aliphatic rings. The molecule has 0 amide bonds. The maximum absolute atomic E-state index is 10.2. The van der Waals surface area contributed by atoms with Crippen LogP contribution in [-0.4, -0.2) is 35.2 Å². The van der Waals surface area contributed by atoms with Crippen LogP contribution in [0, 0.1) is 11.8 Å². The number of hydrogen-bond donors (Lipinski definition) is 1. The molecule has 0 spiro atoms. The third kappa shape index (κ3) is 3.45. The Balaban J connectivity index is 1.82. The number of hydrogen-bond acceptors (Lipinski definition) is 2. The maximum Gasteiger partial charge on any atom is 0.0695 e. The van der Waals surface area contributed by atoms with E-state index in [1.807, 2.05) is 0 Å². The van der Waals surface area contributed by atoms with Crippen LogP contribution in [0.25, 0.3) is 0 Å². The minimum atomic E-state index is -0.0612. The molecule has 1 N–H and O–H groups in total. The predicted molar refractivity (Wildman–Crippen MR) is 72.0 cm³/mol. The predicted octanol–water partition coefficient (Wildman–Crippen LogP) is 3.05. The van der Waals surface area contributed by atoms with Crippen molar-refractivity contribution in [1.82, 2.24) is 4.90 Å². The summed E-state index contributed by atoms with van der Waals surface area (Å²) in [6.07, 6.45) is 8.81. The topological polar surface area (TPSA) is 23.5 Å². The summed E-state index contributed by atoms with van der Waals surface area (Å²) < 4.78 is 0. The average Bonchev–Trinajstić information content (AvgIpc) is 2.34. The van der Waals surface area contributed by atoms with Crippen LogP contribution in [0.2, 0.25) is 0 Å². The van der Waals surface area contributed by atoms with Gasteiger partial charge < -0.3 is 5.11 Å². The molecule has 0 bridgehead atoms. The van der Waals surface area contributed by atoms with Gasteiger partial charge in [-0.2, -0.15) is 0 Å². The summed E-state index contributed by atoms with van der Waals surface area (Å²) in [4.78, 5) is 2.58. The van der Waals surface area contributed by atoms with E-state index in [1.165, 1.54) is 51.6 Å². The van der Waals surface area contributed by atoms with Crippen LogP contribution in [0.3, 0.4) is 0 Å². The Hall–Kier alpha value is -0.0800. The van der Waals surface area contributed by atoms with E-state index in [0.717, 1.165) is 18.3 Å². The Morgan fingerprint density at radius 1 is 1.12 bits per heavy atom. The zero-order valence-electron chi connectivity index (χ0n) is 11.6. The lowest BCUT2D eigenvalue weighted by Gasteiger charge is -2.43. The quantitative estimate of drug-likeness (QED) is 0.818. The highest BCUT2D eigenvalue weighted by Gasteiger charge is 2.33. The van der Waals surface area contributed by atoms with Crippen molar-refractivity contribution in [3.05, 3.63) is 0 Å². The second-order valence-corrected chi connectivity index (χ2v) is 6.32. The van der Waals surface area contributed by atoms with Crippen LogP contribution in [0.4, 0.5) is 0 Å². The number of rotatable bonds is 3. The molecule has 2 fully saturated rings. The van der Waals surface area contributed by atoms with Crippen molar-refractivity contribution in [2.75, 3.05) is 13.1 Å². The first-order chi connectivity index (χ1) is 8.20. The van der Waals surface area contributed by atoms with Gasteiger partial charge in [-0.1, -0.05) is 26.7 Å². The molecule has 2 rings (SSSR count). The molecular weight excluding hydrogens is 210 g/mol. The van der Waals surface area contributed by atoms with Crippen molar-refractivity contribution < 1.29 is 5.11 Å². The second-order valence-electron chi connectivity index (χ2n) is 6.32. The molecule has 1 saturated heterocycles. The fourth-order valence-corrected chi connectivity index (χ4v) is 3.71. The maximum atomic E-state index is 10.2. The Morgan fingerprint density at radius 2 is 1.82 bits per heavy atom. The lowest BCUT2D eigenvalue weighted by Crippen LogP contribution is -2.50. The van der Waals surface area contributed by atoms with E-state index in [2.05, 4.69) is 18.7 Å². The molecule has 0 aromatic heterocycles. The molecule has 3 unspecified atom stereocenters. The van der Waals surface area contributed by atoms with Crippen molar-refractivity contribution in [1.29, 1.82) is 0 Å². The van der Waals surface area contributed by atoms with Crippen LogP contribution in [0.1, 0.15) is 58.8 Å². The van der Waals surface area contributed by atoms with Gasteiger partial charge >= 0.3 is 0 Å². The molecule has 0 aromatic carbocycles. The largest absolute Gasteiger partial charge is 0.391 e. The zero-order chi connectivity index (χ0) is 12.3. The van der Waals surface area contributed by atoms with Gasteiger partial charge in [0.1, 0.15) is 0 Å². The second kappa shape index (κ2) is 6.19. The van der Waals surface area contributed by atoms with E-state index < -0.39 is 0 Å². The summed E-state index contributed by atoms with van der Waals surface area (Å²) in [6.45, 7) is 7.07. The Kier molecular flexibility index (Phi) is 4.87. The number of likely N-dealkylation sites (tertiary alicyclic amines) is 1. The lowest BCUT2D eigenvalue weighted by atomic mass is 9.82. The van der Waals surface area contributed by atoms with Gasteiger partial charge in [-0.15, -0.1) is 0 Å². The highest BCUT2D eigenvalue weighted by molar-refractivity contribution is 4.87. The van der Waals surface area contributed by atoms with Crippen LogP contribution >= 0.6 is 0 Å². The van der Waals surface area contributed by atoms with E-state index in [1.54, 1.807) is 0 Å². The Bertz CT molecular complexity index is 223. The first kappa shape index (κ1) is 13.4. The van der Waals surface area contributed by atoms with Crippen molar-refractivity contribution in [2.45, 2.75) is 70.9 Å². The number of aliphatic hydroxyl groups is 1. The van der Waals surface area contributed by atoms with E-state index in [4.69, 9.17) is 0 Å². The molecule has 0 radical (unpaired) electrons. The first-order valence-electron chi connectivity index (χ1n) is 7.62. The fraction of sp³-hybridized carbons (Fsp3) is 1.00. The first-order valence-corrected chi connectivity index (χ1v) is 7.62. The molecule has 1 heterocycles. The van der Waals surface area contributed by atoms with Gasteiger partial charge in [-0.3, -0.25) is 4.90 Å². The van der Waals surface area contributed by atoms with Crippen LogP contribution in [0.15, 0.2) is 0 Å². The van der Waals surface area contributed by atoms with Crippen LogP contribution < -0.4 is 0 Å². The third-order valence-corrected chi connectivity index (χ3v) is 4.86. The molecular formula is C15H29NO. The summed E-state index contributed by atoms with van der Waals surface area (Å²) >= 11 is 0. The third-order valence-electron chi connectivity index (χ3n) is 4.86. The number of aliphatic hydroxyl groups excluding tert-OH is 1. The molecule has 2 nitrogen and oxygen atoms in total. The van der Waals surface area contributed by atoms with Gasteiger partial charge in [-0.05, 0) is 57.0 Å². The van der Waals surface area contributed by atoms with Crippen molar-refractivity contribution >= 4 is 0 Å². The van der Waals surface area contributed by atoms with Gasteiger partial charge in [0, 0.05) is 6.04 Å². The highest BCUT2D eigenvalue weighted by Crippen LogP contribution is 2.31. The molecule has 3 atom stereocenters. The Morgan fingerprint density at radius 3 is 2.47 bits per heavy atom. The normalized spacial score (nSPS) is 37.2. The van der Waals surface area contributed by atoms with Crippen molar-refractivity contribution in [2.24, 2.45) is 11.8 Å². The van der Waals surface area contributed by atoms with Crippen LogP contribution in [0.5, 0.6) is 0 Å².